The van der Waals surface area contributed by atoms with Crippen molar-refractivity contribution in [2.75, 3.05) is 45.6 Å². The summed E-state index contributed by atoms with van der Waals surface area (Å²) in [7, 11) is 3.30. The second kappa shape index (κ2) is 9.39. The molecular weight excluding hydrogens is 368 g/mol. The molecule has 158 valence electrons. The smallest absolute Gasteiger partial charge is 0.313 e. The van der Waals surface area contributed by atoms with Crippen molar-refractivity contribution in [2.45, 2.75) is 38.6 Å². The van der Waals surface area contributed by atoms with Gasteiger partial charge >= 0.3 is 11.8 Å². The number of amides is 3. The minimum absolute atomic E-state index is 0.219. The van der Waals surface area contributed by atoms with E-state index in [1.54, 1.807) is 43.3 Å². The van der Waals surface area contributed by atoms with Crippen molar-refractivity contribution in [3.8, 4) is 0 Å². The molecule has 1 saturated carbocycles. The average Bonchev–Trinajstić information content (AvgIpc) is 2.73. The Morgan fingerprint density at radius 3 is 2.21 bits per heavy atom. The highest BCUT2D eigenvalue weighted by Gasteiger charge is 2.31. The molecule has 7 nitrogen and oxygen atoms in total. The van der Waals surface area contributed by atoms with E-state index in [1.165, 1.54) is 30.6 Å². The van der Waals surface area contributed by atoms with Crippen LogP contribution in [0.1, 0.15) is 43.0 Å². The Balaban J connectivity index is 1.55. The van der Waals surface area contributed by atoms with Crippen molar-refractivity contribution in [1.29, 1.82) is 0 Å². The molecule has 3 amide bonds. The fourth-order valence-electron chi connectivity index (χ4n) is 4.24. The maximum Gasteiger partial charge on any atom is 0.313 e. The van der Waals surface area contributed by atoms with Gasteiger partial charge in [-0.25, -0.2) is 0 Å². The highest BCUT2D eigenvalue weighted by atomic mass is 16.2. The van der Waals surface area contributed by atoms with Crippen LogP contribution in [-0.2, 0) is 9.59 Å². The Hall–Kier alpha value is -2.41. The van der Waals surface area contributed by atoms with Gasteiger partial charge in [0, 0.05) is 46.3 Å². The van der Waals surface area contributed by atoms with E-state index >= 15 is 0 Å². The predicted molar refractivity (Wildman–Crippen MR) is 113 cm³/mol. The highest BCUT2D eigenvalue weighted by molar-refractivity contribution is 6.39. The van der Waals surface area contributed by atoms with Crippen molar-refractivity contribution >= 4 is 23.4 Å². The van der Waals surface area contributed by atoms with Gasteiger partial charge in [0.2, 0.25) is 0 Å². The summed E-state index contributed by atoms with van der Waals surface area (Å²) in [6.07, 6.45) is 5.01. The maximum atomic E-state index is 12.6. The fraction of sp³-hybridized carbons (Fsp3) is 0.591. The molecule has 0 aromatic heterocycles. The fourth-order valence-corrected chi connectivity index (χ4v) is 4.24. The Kier molecular flexibility index (Phi) is 6.90. The molecule has 2 fully saturated rings. The summed E-state index contributed by atoms with van der Waals surface area (Å²) < 4.78 is 0. The van der Waals surface area contributed by atoms with Gasteiger partial charge in [0.1, 0.15) is 0 Å². The molecule has 1 aliphatic heterocycles. The molecule has 0 spiro atoms. The third-order valence-corrected chi connectivity index (χ3v) is 6.11. The van der Waals surface area contributed by atoms with Crippen molar-refractivity contribution in [3.63, 3.8) is 0 Å². The summed E-state index contributed by atoms with van der Waals surface area (Å²) in [5.74, 6) is -0.623. The SMILES string of the molecule is CC1CCC(N2CCN(C(=O)C(=O)Nc3ccccc3C(=O)N(C)C)CC2)CC1. The lowest BCUT2D eigenvalue weighted by atomic mass is 9.86. The van der Waals surface area contributed by atoms with Gasteiger partial charge in [-0.3, -0.25) is 19.3 Å². The normalized spacial score (nSPS) is 22.8. The lowest BCUT2D eigenvalue weighted by molar-refractivity contribution is -0.144. The van der Waals surface area contributed by atoms with Crippen LogP contribution in [0.2, 0.25) is 0 Å². The molecule has 1 N–H and O–H groups in total. The summed E-state index contributed by atoms with van der Waals surface area (Å²) >= 11 is 0. The first kappa shape index (κ1) is 21.3. The zero-order valence-electron chi connectivity index (χ0n) is 17.7. The number of piperazine rings is 1. The van der Waals surface area contributed by atoms with Gasteiger partial charge in [-0.2, -0.15) is 0 Å². The van der Waals surface area contributed by atoms with Crippen LogP contribution in [-0.4, -0.2) is 78.7 Å². The lowest BCUT2D eigenvalue weighted by Gasteiger charge is -2.41. The van der Waals surface area contributed by atoms with E-state index in [0.717, 1.165) is 19.0 Å². The molecular formula is C22H32N4O3. The van der Waals surface area contributed by atoms with Crippen LogP contribution in [0.5, 0.6) is 0 Å². The lowest BCUT2D eigenvalue weighted by Crippen LogP contribution is -2.54. The first-order chi connectivity index (χ1) is 13.9. The van der Waals surface area contributed by atoms with E-state index in [9.17, 15) is 14.4 Å². The number of nitrogens with one attached hydrogen (secondary N) is 1. The average molecular weight is 401 g/mol. The third kappa shape index (κ3) is 5.15. The number of carbonyl (C=O) groups excluding carboxylic acids is 3. The third-order valence-electron chi connectivity index (χ3n) is 6.11. The molecule has 3 rings (SSSR count). The van der Waals surface area contributed by atoms with E-state index in [-0.39, 0.29) is 5.91 Å². The van der Waals surface area contributed by atoms with Crippen LogP contribution in [0.4, 0.5) is 5.69 Å². The van der Waals surface area contributed by atoms with Crippen molar-refractivity contribution in [1.82, 2.24) is 14.7 Å². The van der Waals surface area contributed by atoms with E-state index in [0.29, 0.717) is 30.4 Å². The molecule has 0 unspecified atom stereocenters. The van der Waals surface area contributed by atoms with Crippen LogP contribution in [0, 0.1) is 5.92 Å². The molecule has 1 aliphatic carbocycles. The van der Waals surface area contributed by atoms with E-state index in [2.05, 4.69) is 17.1 Å². The molecule has 1 aromatic carbocycles. The minimum atomic E-state index is -0.691. The van der Waals surface area contributed by atoms with Crippen LogP contribution < -0.4 is 5.32 Å². The van der Waals surface area contributed by atoms with Gasteiger partial charge in [-0.1, -0.05) is 19.1 Å². The number of carbonyl (C=O) groups is 3. The predicted octanol–water partition coefficient (Wildman–Crippen LogP) is 2.05. The summed E-state index contributed by atoms with van der Waals surface area (Å²) in [4.78, 5) is 43.0. The Bertz CT molecular complexity index is 748. The quantitative estimate of drug-likeness (QED) is 0.788. The molecule has 7 heteroatoms. The maximum absolute atomic E-state index is 12.6. The van der Waals surface area contributed by atoms with Gasteiger partial charge in [-0.05, 0) is 43.7 Å². The van der Waals surface area contributed by atoms with E-state index in [4.69, 9.17) is 0 Å². The van der Waals surface area contributed by atoms with Gasteiger partial charge in [0.05, 0.1) is 11.3 Å². The monoisotopic (exact) mass is 400 g/mol. The van der Waals surface area contributed by atoms with Crippen LogP contribution in [0.25, 0.3) is 0 Å². The minimum Gasteiger partial charge on any atom is -0.345 e. The van der Waals surface area contributed by atoms with Gasteiger partial charge in [0.15, 0.2) is 0 Å². The highest BCUT2D eigenvalue weighted by Crippen LogP contribution is 2.27. The molecule has 0 radical (unpaired) electrons. The molecule has 29 heavy (non-hydrogen) atoms. The number of benzene rings is 1. The van der Waals surface area contributed by atoms with E-state index < -0.39 is 11.8 Å². The zero-order valence-corrected chi connectivity index (χ0v) is 17.7. The molecule has 1 aromatic rings. The van der Waals surface area contributed by atoms with Crippen LogP contribution in [0.15, 0.2) is 24.3 Å². The number of hydrogen-bond acceptors (Lipinski definition) is 4. The molecule has 1 saturated heterocycles. The number of hydrogen-bond donors (Lipinski definition) is 1. The van der Waals surface area contributed by atoms with Gasteiger partial charge in [-0.15, -0.1) is 0 Å². The van der Waals surface area contributed by atoms with Crippen LogP contribution >= 0.6 is 0 Å². The molecule has 2 aliphatic rings. The standard InChI is InChI=1S/C22H32N4O3/c1-16-8-10-17(11-9-16)25-12-14-26(15-13-25)22(29)20(27)23-19-7-5-4-6-18(19)21(28)24(2)3/h4-7,16-17H,8-15H2,1-3H3,(H,23,27). The second-order valence-electron chi connectivity index (χ2n) is 8.44. The topological polar surface area (TPSA) is 73.0 Å². The molecule has 0 bridgehead atoms. The van der Waals surface area contributed by atoms with Crippen molar-refractivity contribution in [3.05, 3.63) is 29.8 Å². The van der Waals surface area contributed by atoms with Crippen molar-refractivity contribution in [2.24, 2.45) is 5.92 Å². The largest absolute Gasteiger partial charge is 0.345 e. The Labute approximate surface area is 173 Å². The van der Waals surface area contributed by atoms with Gasteiger partial charge in [0.25, 0.3) is 5.91 Å². The number of para-hydroxylation sites is 1. The van der Waals surface area contributed by atoms with Crippen molar-refractivity contribution < 1.29 is 14.4 Å². The zero-order chi connectivity index (χ0) is 21.0. The number of anilines is 1. The van der Waals surface area contributed by atoms with Crippen LogP contribution in [0.3, 0.4) is 0 Å². The Morgan fingerprint density at radius 2 is 1.59 bits per heavy atom. The number of nitrogens with zero attached hydrogens (tertiary/aromatic N) is 3. The summed E-state index contributed by atoms with van der Waals surface area (Å²) in [6.45, 7) is 5.07. The number of rotatable bonds is 3. The Morgan fingerprint density at radius 1 is 0.966 bits per heavy atom. The summed E-state index contributed by atoms with van der Waals surface area (Å²) in [5, 5.41) is 2.63. The molecule has 1 heterocycles. The van der Waals surface area contributed by atoms with Gasteiger partial charge < -0.3 is 15.1 Å². The summed E-state index contributed by atoms with van der Waals surface area (Å²) in [6, 6.07) is 7.37. The van der Waals surface area contributed by atoms with E-state index in [1.807, 2.05) is 0 Å². The summed E-state index contributed by atoms with van der Waals surface area (Å²) in [5.41, 5.74) is 0.731. The first-order valence-electron chi connectivity index (χ1n) is 10.5. The second-order valence-corrected chi connectivity index (χ2v) is 8.44. The molecule has 0 atom stereocenters. The first-order valence-corrected chi connectivity index (χ1v) is 10.5.